The van der Waals surface area contributed by atoms with Gasteiger partial charge in [-0.15, -0.1) is 0 Å². The molecule has 2 nitrogen and oxygen atoms in total. The highest BCUT2D eigenvalue weighted by Gasteiger charge is 2.11. The first-order valence-electron chi connectivity index (χ1n) is 4.47. The molecule has 1 aromatic heterocycles. The molecule has 0 saturated heterocycles. The van der Waals surface area contributed by atoms with Crippen LogP contribution < -0.4 is 0 Å². The summed E-state index contributed by atoms with van der Waals surface area (Å²) in [7, 11) is 0. The second-order valence-corrected chi connectivity index (χ2v) is 3.27. The summed E-state index contributed by atoms with van der Waals surface area (Å²) in [6, 6.07) is 5.86. The van der Waals surface area contributed by atoms with Crippen molar-refractivity contribution in [3.8, 4) is 0 Å². The van der Waals surface area contributed by atoms with Crippen LogP contribution in [0.3, 0.4) is 0 Å². The third kappa shape index (κ3) is 2.02. The molecule has 0 saturated carbocycles. The smallest absolute Gasteiger partial charge is 0.155 e. The molecule has 0 fully saturated rings. The van der Waals surface area contributed by atoms with E-state index in [0.29, 0.717) is 6.42 Å². The molecule has 0 N–H and O–H groups in total. The molecule has 0 atom stereocenters. The summed E-state index contributed by atoms with van der Waals surface area (Å²) >= 11 is 0. The van der Waals surface area contributed by atoms with E-state index in [-0.39, 0.29) is 5.78 Å². The Labute approximate surface area is 77.3 Å². The van der Waals surface area contributed by atoms with Gasteiger partial charge in [-0.05, 0) is 24.6 Å². The summed E-state index contributed by atoms with van der Waals surface area (Å²) in [4.78, 5) is 15.2. The van der Waals surface area contributed by atoms with Gasteiger partial charge in [0.2, 0.25) is 0 Å². The zero-order valence-corrected chi connectivity index (χ0v) is 7.36. The van der Waals surface area contributed by atoms with Crippen LogP contribution >= 0.6 is 0 Å². The molecule has 1 aromatic rings. The van der Waals surface area contributed by atoms with Crippen LogP contribution in [0.25, 0.3) is 0 Å². The van der Waals surface area contributed by atoms with Gasteiger partial charge in [0.25, 0.3) is 0 Å². The molecule has 0 spiro atoms. The van der Waals surface area contributed by atoms with Crippen molar-refractivity contribution in [2.45, 2.75) is 19.3 Å². The Hall–Kier alpha value is -1.44. The van der Waals surface area contributed by atoms with Crippen molar-refractivity contribution in [3.63, 3.8) is 0 Å². The summed E-state index contributed by atoms with van der Waals surface area (Å²) in [5.41, 5.74) is 2.26. The average Bonchev–Trinajstić information content (AvgIpc) is 2.53. The minimum Gasteiger partial charge on any atom is -0.295 e. The standard InChI is InChI=1S/C11H11NO/c13-11-5-4-9(8-11)7-10-3-1-2-6-12-10/h1-3,6,8H,4-5,7H2. The van der Waals surface area contributed by atoms with Crippen LogP contribution in [0, 0.1) is 0 Å². The molecule has 0 bridgehead atoms. The fourth-order valence-electron chi connectivity index (χ4n) is 1.53. The predicted octanol–water partition coefficient (Wildman–Crippen LogP) is 1.91. The van der Waals surface area contributed by atoms with Gasteiger partial charge in [-0.2, -0.15) is 0 Å². The third-order valence-corrected chi connectivity index (χ3v) is 2.19. The summed E-state index contributed by atoms with van der Waals surface area (Å²) in [5, 5.41) is 0. The number of ketones is 1. The quantitative estimate of drug-likeness (QED) is 0.683. The van der Waals surface area contributed by atoms with Gasteiger partial charge < -0.3 is 0 Å². The molecule has 0 amide bonds. The molecule has 2 heteroatoms. The zero-order valence-electron chi connectivity index (χ0n) is 7.36. The number of aromatic nitrogens is 1. The highest BCUT2D eigenvalue weighted by Crippen LogP contribution is 2.18. The maximum Gasteiger partial charge on any atom is 0.155 e. The molecule has 1 heterocycles. The van der Waals surface area contributed by atoms with Crippen molar-refractivity contribution < 1.29 is 4.79 Å². The molecule has 0 aliphatic heterocycles. The van der Waals surface area contributed by atoms with Crippen LogP contribution in [-0.4, -0.2) is 10.8 Å². The lowest BCUT2D eigenvalue weighted by atomic mass is 10.1. The number of rotatable bonds is 2. The fourth-order valence-corrected chi connectivity index (χ4v) is 1.53. The van der Waals surface area contributed by atoms with Gasteiger partial charge in [-0.25, -0.2) is 0 Å². The van der Waals surface area contributed by atoms with E-state index in [1.54, 1.807) is 12.3 Å². The first-order chi connectivity index (χ1) is 6.34. The molecular weight excluding hydrogens is 162 g/mol. The number of pyridine rings is 1. The van der Waals surface area contributed by atoms with Crippen LogP contribution in [0.5, 0.6) is 0 Å². The molecule has 1 aliphatic rings. The summed E-state index contributed by atoms with van der Waals surface area (Å²) < 4.78 is 0. The van der Waals surface area contributed by atoms with E-state index < -0.39 is 0 Å². The topological polar surface area (TPSA) is 30.0 Å². The second kappa shape index (κ2) is 3.52. The van der Waals surface area contributed by atoms with Crippen LogP contribution in [0.1, 0.15) is 18.5 Å². The molecule has 0 aromatic carbocycles. The summed E-state index contributed by atoms with van der Waals surface area (Å²) in [5.74, 6) is 0.255. The molecule has 1 aliphatic carbocycles. The highest BCUT2D eigenvalue weighted by molar-refractivity contribution is 5.93. The van der Waals surface area contributed by atoms with Crippen molar-refractivity contribution in [1.82, 2.24) is 4.98 Å². The van der Waals surface area contributed by atoms with Gasteiger partial charge in [-0.3, -0.25) is 9.78 Å². The lowest BCUT2D eigenvalue weighted by molar-refractivity contribution is -0.114. The molecule has 0 radical (unpaired) electrons. The van der Waals surface area contributed by atoms with E-state index in [9.17, 15) is 4.79 Å². The maximum absolute atomic E-state index is 10.9. The lowest BCUT2D eigenvalue weighted by Crippen LogP contribution is -1.90. The number of carbonyl (C=O) groups excluding carboxylic acids is 1. The van der Waals surface area contributed by atoms with Crippen LogP contribution in [0.4, 0.5) is 0 Å². The highest BCUT2D eigenvalue weighted by atomic mass is 16.1. The number of nitrogens with zero attached hydrogens (tertiary/aromatic N) is 1. The van der Waals surface area contributed by atoms with Crippen LogP contribution in [0.15, 0.2) is 36.0 Å². The SMILES string of the molecule is O=C1C=C(Cc2ccccn2)CC1. The molecular formula is C11H11NO. The largest absolute Gasteiger partial charge is 0.295 e. The van der Waals surface area contributed by atoms with E-state index in [1.165, 1.54) is 5.57 Å². The Kier molecular flexibility index (Phi) is 2.21. The second-order valence-electron chi connectivity index (χ2n) is 3.27. The van der Waals surface area contributed by atoms with Gasteiger partial charge in [0.15, 0.2) is 5.78 Å². The fraction of sp³-hybridized carbons (Fsp3) is 0.273. The Balaban J connectivity index is 2.07. The first kappa shape index (κ1) is 8.17. The zero-order chi connectivity index (χ0) is 9.10. The Morgan fingerprint density at radius 3 is 2.85 bits per heavy atom. The van der Waals surface area contributed by atoms with Crippen molar-refractivity contribution >= 4 is 5.78 Å². The Morgan fingerprint density at radius 2 is 2.23 bits per heavy atom. The number of allylic oxidation sites excluding steroid dienone is 2. The minimum absolute atomic E-state index is 0.255. The average molecular weight is 173 g/mol. The molecule has 66 valence electrons. The van der Waals surface area contributed by atoms with Crippen LogP contribution in [-0.2, 0) is 11.2 Å². The van der Waals surface area contributed by atoms with Crippen molar-refractivity contribution in [1.29, 1.82) is 0 Å². The lowest BCUT2D eigenvalue weighted by Gasteiger charge is -1.99. The molecule has 2 rings (SSSR count). The van der Waals surface area contributed by atoms with Crippen molar-refractivity contribution in [2.24, 2.45) is 0 Å². The van der Waals surface area contributed by atoms with E-state index in [2.05, 4.69) is 4.98 Å². The first-order valence-corrected chi connectivity index (χ1v) is 4.47. The number of hydrogen-bond donors (Lipinski definition) is 0. The van der Waals surface area contributed by atoms with Gasteiger partial charge in [0, 0.05) is 24.7 Å². The summed E-state index contributed by atoms with van der Waals surface area (Å²) in [6.07, 6.45) is 5.96. The van der Waals surface area contributed by atoms with Crippen molar-refractivity contribution in [2.75, 3.05) is 0 Å². The molecule has 0 unspecified atom stereocenters. The van der Waals surface area contributed by atoms with E-state index in [1.807, 2.05) is 18.2 Å². The minimum atomic E-state index is 0.255. The number of hydrogen-bond acceptors (Lipinski definition) is 2. The van der Waals surface area contributed by atoms with E-state index in [4.69, 9.17) is 0 Å². The Morgan fingerprint density at radius 1 is 1.31 bits per heavy atom. The number of carbonyl (C=O) groups is 1. The third-order valence-electron chi connectivity index (χ3n) is 2.19. The van der Waals surface area contributed by atoms with Gasteiger partial charge in [0.05, 0.1) is 0 Å². The van der Waals surface area contributed by atoms with Gasteiger partial charge in [-0.1, -0.05) is 11.6 Å². The van der Waals surface area contributed by atoms with Gasteiger partial charge >= 0.3 is 0 Å². The normalized spacial score (nSPS) is 16.0. The Bertz CT molecular complexity index is 340. The van der Waals surface area contributed by atoms with E-state index in [0.717, 1.165) is 18.5 Å². The van der Waals surface area contributed by atoms with Gasteiger partial charge in [0.1, 0.15) is 0 Å². The predicted molar refractivity (Wildman–Crippen MR) is 50.3 cm³/mol. The summed E-state index contributed by atoms with van der Waals surface area (Å²) in [6.45, 7) is 0. The monoisotopic (exact) mass is 173 g/mol. The van der Waals surface area contributed by atoms with Crippen LogP contribution in [0.2, 0.25) is 0 Å². The van der Waals surface area contributed by atoms with Crippen molar-refractivity contribution in [3.05, 3.63) is 41.7 Å². The molecule has 13 heavy (non-hydrogen) atoms. The maximum atomic E-state index is 10.9. The van der Waals surface area contributed by atoms with E-state index >= 15 is 0 Å².